The summed E-state index contributed by atoms with van der Waals surface area (Å²) in [6, 6.07) is 0.207. The second-order valence-electron chi connectivity index (χ2n) is 5.09. The molecule has 1 aromatic rings. The molecule has 2 N–H and O–H groups in total. The Hall–Kier alpha value is -1.56. The molecule has 1 aliphatic rings. The molecule has 7 heteroatoms. The molecule has 0 atom stereocenters. The molecule has 1 saturated carbocycles. The van der Waals surface area contributed by atoms with E-state index in [1.54, 1.807) is 0 Å². The monoisotopic (exact) mass is 299 g/mol. The van der Waals surface area contributed by atoms with Gasteiger partial charge in [0, 0.05) is 5.54 Å². The SMILES string of the molecule is COc1ncc(Cl)c(NC2(CC(=O)O)CCCCC2)n1. The molecule has 0 aromatic carbocycles. The predicted octanol–water partition coefficient (Wildman–Crippen LogP) is 2.73. The summed E-state index contributed by atoms with van der Waals surface area (Å²) in [6.45, 7) is 0. The maximum absolute atomic E-state index is 11.1. The van der Waals surface area contributed by atoms with Gasteiger partial charge in [-0.05, 0) is 12.8 Å². The third-order valence-electron chi connectivity index (χ3n) is 3.59. The van der Waals surface area contributed by atoms with Gasteiger partial charge in [-0.25, -0.2) is 4.98 Å². The number of halogens is 1. The predicted molar refractivity (Wildman–Crippen MR) is 75.3 cm³/mol. The molecule has 110 valence electrons. The topological polar surface area (TPSA) is 84.3 Å². The van der Waals surface area contributed by atoms with Crippen LogP contribution in [0.5, 0.6) is 6.01 Å². The van der Waals surface area contributed by atoms with Crippen molar-refractivity contribution in [1.82, 2.24) is 9.97 Å². The van der Waals surface area contributed by atoms with E-state index in [9.17, 15) is 4.79 Å². The molecule has 0 unspecified atom stereocenters. The first-order valence-electron chi connectivity index (χ1n) is 6.61. The molecular weight excluding hydrogens is 282 g/mol. The number of aromatic nitrogens is 2. The highest BCUT2D eigenvalue weighted by Gasteiger charge is 2.35. The van der Waals surface area contributed by atoms with E-state index in [0.29, 0.717) is 10.8 Å². The minimum absolute atomic E-state index is 0.0512. The van der Waals surface area contributed by atoms with E-state index in [0.717, 1.165) is 32.1 Å². The second-order valence-corrected chi connectivity index (χ2v) is 5.50. The van der Waals surface area contributed by atoms with Gasteiger partial charge in [0.15, 0.2) is 5.82 Å². The summed E-state index contributed by atoms with van der Waals surface area (Å²) in [5, 5.41) is 12.7. The number of anilines is 1. The van der Waals surface area contributed by atoms with E-state index in [1.807, 2.05) is 0 Å². The fraction of sp³-hybridized carbons (Fsp3) is 0.615. The van der Waals surface area contributed by atoms with Crippen LogP contribution in [0.3, 0.4) is 0 Å². The average molecular weight is 300 g/mol. The van der Waals surface area contributed by atoms with E-state index in [4.69, 9.17) is 21.4 Å². The Balaban J connectivity index is 2.24. The van der Waals surface area contributed by atoms with Gasteiger partial charge in [0.2, 0.25) is 0 Å². The summed E-state index contributed by atoms with van der Waals surface area (Å²) >= 11 is 6.08. The van der Waals surface area contributed by atoms with Crippen LogP contribution in [-0.4, -0.2) is 33.7 Å². The Bertz CT molecular complexity index is 490. The minimum Gasteiger partial charge on any atom is -0.481 e. The van der Waals surface area contributed by atoms with Crippen molar-refractivity contribution in [3.8, 4) is 6.01 Å². The number of ether oxygens (including phenoxy) is 1. The van der Waals surface area contributed by atoms with Gasteiger partial charge in [0.1, 0.15) is 5.02 Å². The van der Waals surface area contributed by atoms with Crippen LogP contribution in [0.25, 0.3) is 0 Å². The van der Waals surface area contributed by atoms with Crippen LogP contribution in [0.15, 0.2) is 6.20 Å². The van der Waals surface area contributed by atoms with E-state index in [-0.39, 0.29) is 12.4 Å². The van der Waals surface area contributed by atoms with Crippen molar-refractivity contribution in [3.05, 3.63) is 11.2 Å². The molecule has 1 aliphatic carbocycles. The Morgan fingerprint density at radius 3 is 2.80 bits per heavy atom. The number of hydrogen-bond donors (Lipinski definition) is 2. The van der Waals surface area contributed by atoms with Gasteiger partial charge < -0.3 is 15.2 Å². The van der Waals surface area contributed by atoms with E-state index in [1.165, 1.54) is 13.3 Å². The maximum Gasteiger partial charge on any atom is 0.318 e. The summed E-state index contributed by atoms with van der Waals surface area (Å²) < 4.78 is 4.98. The minimum atomic E-state index is -0.823. The van der Waals surface area contributed by atoms with Crippen molar-refractivity contribution in [2.75, 3.05) is 12.4 Å². The molecular formula is C13H18ClN3O3. The molecule has 0 radical (unpaired) electrons. The first-order chi connectivity index (χ1) is 9.54. The van der Waals surface area contributed by atoms with E-state index in [2.05, 4.69) is 15.3 Å². The lowest BCUT2D eigenvalue weighted by molar-refractivity contribution is -0.138. The summed E-state index contributed by atoms with van der Waals surface area (Å²) in [4.78, 5) is 19.2. The number of rotatable bonds is 5. The van der Waals surface area contributed by atoms with Crippen molar-refractivity contribution in [2.45, 2.75) is 44.1 Å². The van der Waals surface area contributed by atoms with E-state index >= 15 is 0 Å². The molecule has 20 heavy (non-hydrogen) atoms. The Morgan fingerprint density at radius 2 is 2.20 bits per heavy atom. The van der Waals surface area contributed by atoms with Crippen LogP contribution < -0.4 is 10.1 Å². The lowest BCUT2D eigenvalue weighted by Gasteiger charge is -2.37. The Morgan fingerprint density at radius 1 is 1.50 bits per heavy atom. The summed E-state index contributed by atoms with van der Waals surface area (Å²) in [7, 11) is 1.47. The average Bonchev–Trinajstić information content (AvgIpc) is 2.41. The van der Waals surface area contributed by atoms with Crippen molar-refractivity contribution in [3.63, 3.8) is 0 Å². The van der Waals surface area contributed by atoms with Crippen LogP contribution in [0.4, 0.5) is 5.82 Å². The summed E-state index contributed by atoms with van der Waals surface area (Å²) in [5.41, 5.74) is -0.493. The normalized spacial score (nSPS) is 17.5. The molecule has 1 aromatic heterocycles. The zero-order valence-electron chi connectivity index (χ0n) is 11.4. The van der Waals surface area contributed by atoms with Gasteiger partial charge in [-0.3, -0.25) is 4.79 Å². The van der Waals surface area contributed by atoms with Crippen LogP contribution in [0.2, 0.25) is 5.02 Å². The lowest BCUT2D eigenvalue weighted by atomic mass is 9.79. The summed E-state index contributed by atoms with van der Waals surface area (Å²) in [5.74, 6) is -0.391. The molecule has 0 amide bonds. The number of nitrogens with one attached hydrogen (secondary N) is 1. The van der Waals surface area contributed by atoms with Crippen molar-refractivity contribution >= 4 is 23.4 Å². The van der Waals surface area contributed by atoms with Crippen LogP contribution in [-0.2, 0) is 4.79 Å². The highest BCUT2D eigenvalue weighted by molar-refractivity contribution is 6.32. The van der Waals surface area contributed by atoms with Gasteiger partial charge in [-0.15, -0.1) is 0 Å². The highest BCUT2D eigenvalue weighted by atomic mass is 35.5. The lowest BCUT2D eigenvalue weighted by Crippen LogP contribution is -2.42. The second kappa shape index (κ2) is 6.26. The van der Waals surface area contributed by atoms with Gasteiger partial charge in [-0.1, -0.05) is 30.9 Å². The summed E-state index contributed by atoms with van der Waals surface area (Å²) in [6.07, 6.45) is 6.22. The smallest absolute Gasteiger partial charge is 0.318 e. The molecule has 6 nitrogen and oxygen atoms in total. The standard InChI is InChI=1S/C13H18ClN3O3/c1-20-12-15-8-9(14)11(16-12)17-13(7-10(18)19)5-3-2-4-6-13/h8H,2-7H2,1H3,(H,18,19)(H,15,16,17). The molecule has 0 saturated heterocycles. The Kier molecular flexibility index (Phi) is 4.65. The number of aliphatic carboxylic acids is 1. The number of nitrogens with zero attached hydrogens (tertiary/aromatic N) is 2. The van der Waals surface area contributed by atoms with Crippen molar-refractivity contribution < 1.29 is 14.6 Å². The quantitative estimate of drug-likeness (QED) is 0.869. The maximum atomic E-state index is 11.1. The largest absolute Gasteiger partial charge is 0.481 e. The molecule has 0 bridgehead atoms. The number of hydrogen-bond acceptors (Lipinski definition) is 5. The first kappa shape index (κ1) is 14.8. The fourth-order valence-corrected chi connectivity index (χ4v) is 2.79. The number of methoxy groups -OCH3 is 1. The zero-order valence-corrected chi connectivity index (χ0v) is 12.1. The third kappa shape index (κ3) is 3.50. The Labute approximate surface area is 122 Å². The van der Waals surface area contributed by atoms with Crippen LogP contribution >= 0.6 is 11.6 Å². The molecule has 0 aliphatic heterocycles. The van der Waals surface area contributed by atoms with Gasteiger partial charge in [0.25, 0.3) is 0 Å². The molecule has 0 spiro atoms. The van der Waals surface area contributed by atoms with Gasteiger partial charge in [0.05, 0.1) is 19.7 Å². The molecule has 1 fully saturated rings. The van der Waals surface area contributed by atoms with Crippen LogP contribution in [0.1, 0.15) is 38.5 Å². The molecule has 2 rings (SSSR count). The van der Waals surface area contributed by atoms with Gasteiger partial charge >= 0.3 is 12.0 Å². The van der Waals surface area contributed by atoms with Crippen molar-refractivity contribution in [2.24, 2.45) is 0 Å². The number of carboxylic acid groups (broad SMARTS) is 1. The third-order valence-corrected chi connectivity index (χ3v) is 3.87. The zero-order chi connectivity index (χ0) is 14.6. The van der Waals surface area contributed by atoms with Crippen LogP contribution in [0, 0.1) is 0 Å². The fourth-order valence-electron chi connectivity index (χ4n) is 2.65. The number of carbonyl (C=O) groups is 1. The molecule has 1 heterocycles. The first-order valence-corrected chi connectivity index (χ1v) is 6.99. The van der Waals surface area contributed by atoms with Crippen molar-refractivity contribution in [1.29, 1.82) is 0 Å². The van der Waals surface area contributed by atoms with E-state index < -0.39 is 11.5 Å². The van der Waals surface area contributed by atoms with Gasteiger partial charge in [-0.2, -0.15) is 4.98 Å². The highest BCUT2D eigenvalue weighted by Crippen LogP contribution is 2.35. The number of carboxylic acids is 1.